The van der Waals surface area contributed by atoms with E-state index < -0.39 is 5.97 Å². The van der Waals surface area contributed by atoms with Crippen molar-refractivity contribution in [1.82, 2.24) is 15.0 Å². The maximum atomic E-state index is 10.6. The van der Waals surface area contributed by atoms with E-state index in [0.717, 1.165) is 11.3 Å². The van der Waals surface area contributed by atoms with Crippen molar-refractivity contribution in [2.24, 2.45) is 0 Å². The molecule has 3 aromatic rings. The average molecular weight is 370 g/mol. The van der Waals surface area contributed by atoms with Crippen LogP contribution in [0.4, 0.5) is 17.5 Å². The number of aromatic nitrogens is 3. The first-order valence-electron chi connectivity index (χ1n) is 7.88. The zero-order valence-electron chi connectivity index (χ0n) is 13.7. The van der Waals surface area contributed by atoms with Crippen LogP contribution in [-0.2, 0) is 4.79 Å². The minimum Gasteiger partial charge on any atom is -0.481 e. The average Bonchev–Trinajstić information content (AvgIpc) is 2.62. The second kappa shape index (κ2) is 8.26. The van der Waals surface area contributed by atoms with Gasteiger partial charge in [-0.1, -0.05) is 17.7 Å². The van der Waals surface area contributed by atoms with Crippen LogP contribution in [0.1, 0.15) is 6.42 Å². The number of pyridine rings is 1. The molecule has 1 aromatic carbocycles. The summed E-state index contributed by atoms with van der Waals surface area (Å²) < 4.78 is 0. The van der Waals surface area contributed by atoms with Crippen molar-refractivity contribution in [3.05, 3.63) is 59.9 Å². The van der Waals surface area contributed by atoms with E-state index in [9.17, 15) is 4.79 Å². The maximum absolute atomic E-state index is 10.6. The van der Waals surface area contributed by atoms with Crippen LogP contribution in [0.15, 0.2) is 54.9 Å². The predicted molar refractivity (Wildman–Crippen MR) is 101 cm³/mol. The summed E-state index contributed by atoms with van der Waals surface area (Å²) in [6.45, 7) is 0.303. The van der Waals surface area contributed by atoms with Gasteiger partial charge >= 0.3 is 5.97 Å². The molecule has 3 N–H and O–H groups in total. The molecule has 3 rings (SSSR count). The Morgan fingerprint density at radius 2 is 1.96 bits per heavy atom. The van der Waals surface area contributed by atoms with Gasteiger partial charge in [0.05, 0.1) is 12.1 Å². The smallest absolute Gasteiger partial charge is 0.305 e. The summed E-state index contributed by atoms with van der Waals surface area (Å²) >= 11 is 5.99. The lowest BCUT2D eigenvalue weighted by atomic mass is 10.2. The third-order valence-corrected chi connectivity index (χ3v) is 3.67. The normalized spacial score (nSPS) is 10.3. The van der Waals surface area contributed by atoms with Crippen LogP contribution in [-0.4, -0.2) is 32.6 Å². The van der Waals surface area contributed by atoms with Crippen LogP contribution in [0.3, 0.4) is 0 Å². The molecule has 0 saturated heterocycles. The summed E-state index contributed by atoms with van der Waals surface area (Å²) in [6, 6.07) is 12.7. The van der Waals surface area contributed by atoms with Gasteiger partial charge in [-0.3, -0.25) is 4.79 Å². The third-order valence-electron chi connectivity index (χ3n) is 3.44. The van der Waals surface area contributed by atoms with Crippen LogP contribution >= 0.6 is 11.6 Å². The molecule has 0 aliphatic heterocycles. The lowest BCUT2D eigenvalue weighted by Crippen LogP contribution is -2.08. The molecule has 8 heteroatoms. The van der Waals surface area contributed by atoms with E-state index in [4.69, 9.17) is 16.7 Å². The Bertz CT molecular complexity index is 919. The third kappa shape index (κ3) is 4.90. The van der Waals surface area contributed by atoms with E-state index in [2.05, 4.69) is 25.6 Å². The molecule has 7 nitrogen and oxygen atoms in total. The van der Waals surface area contributed by atoms with Crippen molar-refractivity contribution in [2.45, 2.75) is 6.42 Å². The molecule has 0 spiro atoms. The molecule has 0 atom stereocenters. The predicted octanol–water partition coefficient (Wildman–Crippen LogP) is 3.82. The van der Waals surface area contributed by atoms with Crippen molar-refractivity contribution in [1.29, 1.82) is 0 Å². The molecule has 0 aliphatic carbocycles. The Kier molecular flexibility index (Phi) is 5.60. The van der Waals surface area contributed by atoms with E-state index >= 15 is 0 Å². The highest BCUT2D eigenvalue weighted by atomic mass is 35.5. The number of hydrogen-bond acceptors (Lipinski definition) is 6. The van der Waals surface area contributed by atoms with Crippen LogP contribution in [0.5, 0.6) is 0 Å². The number of carboxylic acids is 1. The van der Waals surface area contributed by atoms with Gasteiger partial charge in [0.2, 0.25) is 5.95 Å². The van der Waals surface area contributed by atoms with Crippen LogP contribution in [0.2, 0.25) is 5.02 Å². The van der Waals surface area contributed by atoms with Crippen molar-refractivity contribution in [3.63, 3.8) is 0 Å². The number of nitrogens with one attached hydrogen (secondary N) is 2. The molecule has 0 unspecified atom stereocenters. The first-order chi connectivity index (χ1) is 12.6. The van der Waals surface area contributed by atoms with Crippen molar-refractivity contribution < 1.29 is 9.90 Å². The summed E-state index contributed by atoms with van der Waals surface area (Å²) in [7, 11) is 0. The molecular formula is C18H16ClN5O2. The molecule has 0 radical (unpaired) electrons. The summed E-state index contributed by atoms with van der Waals surface area (Å²) in [6.07, 6.45) is 3.32. The maximum Gasteiger partial charge on any atom is 0.305 e. The van der Waals surface area contributed by atoms with Crippen molar-refractivity contribution in [3.8, 4) is 11.3 Å². The molecule has 132 valence electrons. The zero-order valence-corrected chi connectivity index (χ0v) is 14.4. The number of rotatable bonds is 7. The summed E-state index contributed by atoms with van der Waals surface area (Å²) in [4.78, 5) is 23.5. The number of carboxylic acid groups (broad SMARTS) is 1. The SMILES string of the molecule is O=C(O)CCNc1cc(-c2ccnc(Nc3cccc(Cl)c3)n2)ccn1. The summed E-state index contributed by atoms with van der Waals surface area (Å²) in [5, 5.41) is 15.4. The lowest BCUT2D eigenvalue weighted by molar-refractivity contribution is -0.136. The topological polar surface area (TPSA) is 100 Å². The van der Waals surface area contributed by atoms with Gasteiger partial charge in [-0.25, -0.2) is 15.0 Å². The monoisotopic (exact) mass is 369 g/mol. The number of benzene rings is 1. The minimum absolute atomic E-state index is 0.0210. The van der Waals surface area contributed by atoms with Crippen molar-refractivity contribution in [2.75, 3.05) is 17.2 Å². The fourth-order valence-corrected chi connectivity index (χ4v) is 2.45. The first kappa shape index (κ1) is 17.6. The molecule has 2 heterocycles. The van der Waals surface area contributed by atoms with E-state index in [1.165, 1.54) is 0 Å². The number of aliphatic carboxylic acids is 1. The van der Waals surface area contributed by atoms with E-state index in [1.54, 1.807) is 30.6 Å². The summed E-state index contributed by atoms with van der Waals surface area (Å²) in [5.74, 6) is 0.176. The molecule has 0 amide bonds. The van der Waals surface area contributed by atoms with Gasteiger partial charge in [-0.05, 0) is 36.4 Å². The Morgan fingerprint density at radius 1 is 1.12 bits per heavy atom. The highest BCUT2D eigenvalue weighted by Crippen LogP contribution is 2.22. The Balaban J connectivity index is 1.76. The van der Waals surface area contributed by atoms with Gasteiger partial charge < -0.3 is 15.7 Å². The number of anilines is 3. The highest BCUT2D eigenvalue weighted by molar-refractivity contribution is 6.30. The Morgan fingerprint density at radius 3 is 2.77 bits per heavy atom. The molecule has 0 aliphatic rings. The highest BCUT2D eigenvalue weighted by Gasteiger charge is 2.05. The van der Waals surface area contributed by atoms with Gasteiger partial charge in [0, 0.05) is 35.2 Å². The van der Waals surface area contributed by atoms with Crippen LogP contribution in [0, 0.1) is 0 Å². The number of halogens is 1. The van der Waals surface area contributed by atoms with Gasteiger partial charge in [0.15, 0.2) is 0 Å². The quantitative estimate of drug-likeness (QED) is 0.582. The largest absolute Gasteiger partial charge is 0.481 e. The second-order valence-electron chi connectivity index (χ2n) is 5.40. The first-order valence-corrected chi connectivity index (χ1v) is 8.26. The second-order valence-corrected chi connectivity index (χ2v) is 5.84. The van der Waals surface area contributed by atoms with Crippen LogP contribution in [0.25, 0.3) is 11.3 Å². The number of nitrogens with zero attached hydrogens (tertiary/aromatic N) is 3. The van der Waals surface area contributed by atoms with Gasteiger partial charge in [0.25, 0.3) is 0 Å². The van der Waals surface area contributed by atoms with E-state index in [-0.39, 0.29) is 6.42 Å². The fraction of sp³-hybridized carbons (Fsp3) is 0.111. The number of carbonyl (C=O) groups is 1. The van der Waals surface area contributed by atoms with E-state index in [0.29, 0.717) is 29.0 Å². The lowest BCUT2D eigenvalue weighted by Gasteiger charge is -2.08. The standard InChI is InChI=1S/C18H16ClN5O2/c19-13-2-1-3-14(11-13)23-18-22-8-5-15(24-18)12-4-7-20-16(10-12)21-9-6-17(25)26/h1-5,7-8,10-11H,6,9H2,(H,20,21)(H,25,26)(H,22,23,24). The Hall–Kier alpha value is -3.19. The molecule has 2 aromatic heterocycles. The van der Waals surface area contributed by atoms with Gasteiger partial charge in [-0.2, -0.15) is 0 Å². The summed E-state index contributed by atoms with van der Waals surface area (Å²) in [5.41, 5.74) is 2.35. The van der Waals surface area contributed by atoms with Crippen molar-refractivity contribution >= 4 is 35.0 Å². The molecule has 0 saturated carbocycles. The minimum atomic E-state index is -0.860. The Labute approximate surface area is 155 Å². The molecule has 0 fully saturated rings. The van der Waals surface area contributed by atoms with E-state index in [1.807, 2.05) is 24.3 Å². The number of hydrogen-bond donors (Lipinski definition) is 3. The van der Waals surface area contributed by atoms with Crippen LogP contribution < -0.4 is 10.6 Å². The fourth-order valence-electron chi connectivity index (χ4n) is 2.26. The zero-order chi connectivity index (χ0) is 18.4. The van der Waals surface area contributed by atoms with Gasteiger partial charge in [-0.15, -0.1) is 0 Å². The molecule has 0 bridgehead atoms. The molecular weight excluding hydrogens is 354 g/mol. The molecule has 26 heavy (non-hydrogen) atoms. The van der Waals surface area contributed by atoms with Gasteiger partial charge in [0.1, 0.15) is 5.82 Å².